The van der Waals surface area contributed by atoms with E-state index in [1.54, 1.807) is 0 Å². The van der Waals surface area contributed by atoms with Crippen molar-refractivity contribution in [2.75, 3.05) is 4.90 Å². The van der Waals surface area contributed by atoms with Crippen molar-refractivity contribution in [2.24, 2.45) is 0 Å². The van der Waals surface area contributed by atoms with E-state index in [1.165, 1.54) is 106 Å². The van der Waals surface area contributed by atoms with Crippen LogP contribution in [0.25, 0.3) is 44.5 Å². The van der Waals surface area contributed by atoms with Gasteiger partial charge in [0.25, 0.3) is 0 Å². The number of rotatable bonds is 7. The molecule has 0 amide bonds. The molecule has 10 aromatic rings. The monoisotopic (exact) mass is 968 g/mol. The smallest absolute Gasteiger partial charge is 0.0714 e. The molecule has 0 aromatic heterocycles. The lowest BCUT2D eigenvalue weighted by Gasteiger charge is -2.37. The van der Waals surface area contributed by atoms with Crippen LogP contribution in [-0.4, -0.2) is 0 Å². The molecule has 0 N–H and O–H groups in total. The molecule has 1 unspecified atom stereocenters. The summed E-state index contributed by atoms with van der Waals surface area (Å²) < 4.78 is 0. The van der Waals surface area contributed by atoms with Crippen molar-refractivity contribution in [3.8, 4) is 44.5 Å². The maximum absolute atomic E-state index is 2.55. The Morgan fingerprint density at radius 2 is 0.747 bits per heavy atom. The van der Waals surface area contributed by atoms with E-state index in [0.29, 0.717) is 0 Å². The number of benzene rings is 10. The molecule has 10 aromatic carbocycles. The molecule has 3 aliphatic rings. The highest BCUT2D eigenvalue weighted by molar-refractivity contribution is 5.93. The minimum absolute atomic E-state index is 0.0482. The van der Waals surface area contributed by atoms with E-state index in [2.05, 4.69) is 298 Å². The molecule has 75 heavy (non-hydrogen) atoms. The number of anilines is 3. The van der Waals surface area contributed by atoms with Crippen LogP contribution in [-0.2, 0) is 27.1 Å². The van der Waals surface area contributed by atoms with Crippen LogP contribution >= 0.6 is 0 Å². The van der Waals surface area contributed by atoms with Gasteiger partial charge in [0, 0.05) is 27.9 Å². The van der Waals surface area contributed by atoms with Crippen LogP contribution in [0.3, 0.4) is 0 Å². The summed E-state index contributed by atoms with van der Waals surface area (Å²) in [5.41, 5.74) is 26.9. The van der Waals surface area contributed by atoms with Crippen molar-refractivity contribution in [3.63, 3.8) is 0 Å². The van der Waals surface area contributed by atoms with Gasteiger partial charge in [-0.25, -0.2) is 0 Å². The highest BCUT2D eigenvalue weighted by atomic mass is 15.1. The van der Waals surface area contributed by atoms with Gasteiger partial charge in [0.15, 0.2) is 0 Å². The van der Waals surface area contributed by atoms with E-state index in [9.17, 15) is 0 Å². The summed E-state index contributed by atoms with van der Waals surface area (Å²) in [7, 11) is 0. The molecular weight excluding hydrogens is 903 g/mol. The number of nitrogens with zero attached hydrogens (tertiary/aromatic N) is 1. The summed E-state index contributed by atoms with van der Waals surface area (Å²) in [5, 5.41) is 0. The third-order valence-electron chi connectivity index (χ3n) is 17.5. The first-order valence-electron chi connectivity index (χ1n) is 27.0. The minimum atomic E-state index is -0.616. The summed E-state index contributed by atoms with van der Waals surface area (Å²) >= 11 is 0. The lowest BCUT2D eigenvalue weighted by Crippen LogP contribution is -2.30. The van der Waals surface area contributed by atoms with E-state index < -0.39 is 5.41 Å². The lowest BCUT2D eigenvalue weighted by molar-refractivity contribution is 0.585. The highest BCUT2D eigenvalue weighted by Crippen LogP contribution is 2.60. The van der Waals surface area contributed by atoms with Gasteiger partial charge in [-0.2, -0.15) is 0 Å². The normalized spacial score (nSPS) is 16.3. The van der Waals surface area contributed by atoms with Crippen LogP contribution in [0.1, 0.15) is 124 Å². The van der Waals surface area contributed by atoms with Crippen molar-refractivity contribution < 1.29 is 0 Å². The standard InChI is InChI=1S/C74H65N/c1-70(2,3)50-26-20-28-52(44-50)74(53-29-21-27-51(45-53)71(4,5)6)66-38-18-15-32-59(66)62-42-40-56(47-68(62)74)75(55-39-41-61-58-31-14-17-37-65(58)73(9,67(61)46-55)49-24-11-10-12-25-49)54-30-19-23-48(43-54)57-34-22-35-63-60-33-13-16-36-64(60)72(7,8)69(57)63/h10-47H,1-9H3. The van der Waals surface area contributed by atoms with E-state index in [-0.39, 0.29) is 21.7 Å². The second-order valence-corrected chi connectivity index (χ2v) is 24.2. The van der Waals surface area contributed by atoms with Crippen molar-refractivity contribution in [2.45, 2.75) is 89.4 Å². The largest absolute Gasteiger partial charge is 0.310 e. The summed E-state index contributed by atoms with van der Waals surface area (Å²) in [6, 6.07) is 88.2. The first-order valence-corrected chi connectivity index (χ1v) is 27.0. The van der Waals surface area contributed by atoms with E-state index in [0.717, 1.165) is 17.1 Å². The first-order chi connectivity index (χ1) is 36.1. The highest BCUT2D eigenvalue weighted by Gasteiger charge is 2.48. The predicted octanol–water partition coefficient (Wildman–Crippen LogP) is 19.4. The van der Waals surface area contributed by atoms with Crippen molar-refractivity contribution >= 4 is 17.1 Å². The summed E-state index contributed by atoms with van der Waals surface area (Å²) in [5.74, 6) is 0. The third-order valence-corrected chi connectivity index (χ3v) is 17.5. The predicted molar refractivity (Wildman–Crippen MR) is 316 cm³/mol. The molecule has 13 rings (SSSR count). The van der Waals surface area contributed by atoms with Crippen LogP contribution in [0.15, 0.2) is 231 Å². The van der Waals surface area contributed by atoms with Gasteiger partial charge in [-0.3, -0.25) is 0 Å². The Hall–Kier alpha value is -8.00. The third kappa shape index (κ3) is 6.97. The average Bonchev–Trinajstić information content (AvgIpc) is 3.98. The molecule has 1 heteroatoms. The topological polar surface area (TPSA) is 3.24 Å². The molecule has 1 atom stereocenters. The van der Waals surface area contributed by atoms with Gasteiger partial charge in [-0.15, -0.1) is 0 Å². The Kier molecular flexibility index (Phi) is 10.4. The number of fused-ring (bicyclic) bond motifs is 9. The zero-order valence-electron chi connectivity index (χ0n) is 44.9. The first kappa shape index (κ1) is 46.8. The van der Waals surface area contributed by atoms with Crippen LogP contribution in [0.5, 0.6) is 0 Å². The van der Waals surface area contributed by atoms with Gasteiger partial charge in [0.05, 0.1) is 5.41 Å². The molecule has 0 saturated heterocycles. The van der Waals surface area contributed by atoms with Crippen LogP contribution < -0.4 is 4.90 Å². The Morgan fingerprint density at radius 3 is 1.37 bits per heavy atom. The minimum Gasteiger partial charge on any atom is -0.310 e. The summed E-state index contributed by atoms with van der Waals surface area (Å²) in [6.07, 6.45) is 0. The molecule has 0 bridgehead atoms. The van der Waals surface area contributed by atoms with Gasteiger partial charge >= 0.3 is 0 Å². The molecule has 0 aliphatic heterocycles. The quantitative estimate of drug-likeness (QED) is 0.154. The maximum atomic E-state index is 2.55. The molecule has 0 radical (unpaired) electrons. The molecule has 1 nitrogen and oxygen atoms in total. The Bertz CT molecular complexity index is 3850. The molecule has 0 fully saturated rings. The van der Waals surface area contributed by atoms with Gasteiger partial charge in [0.2, 0.25) is 0 Å². The molecule has 0 heterocycles. The lowest BCUT2D eigenvalue weighted by atomic mass is 9.66. The average molecular weight is 968 g/mol. The number of hydrogen-bond acceptors (Lipinski definition) is 1. The van der Waals surface area contributed by atoms with Crippen molar-refractivity contribution in [3.05, 3.63) is 292 Å². The van der Waals surface area contributed by atoms with Crippen molar-refractivity contribution in [1.82, 2.24) is 0 Å². The molecule has 3 aliphatic carbocycles. The summed E-state index contributed by atoms with van der Waals surface area (Å²) in [6.45, 7) is 21.2. The molecule has 0 saturated carbocycles. The summed E-state index contributed by atoms with van der Waals surface area (Å²) in [4.78, 5) is 2.55. The Balaban J connectivity index is 1.09. The fourth-order valence-corrected chi connectivity index (χ4v) is 13.7. The maximum Gasteiger partial charge on any atom is 0.0714 e. The van der Waals surface area contributed by atoms with Crippen LogP contribution in [0.2, 0.25) is 0 Å². The molecule has 0 spiro atoms. The second-order valence-electron chi connectivity index (χ2n) is 24.2. The zero-order valence-corrected chi connectivity index (χ0v) is 44.9. The Morgan fingerprint density at radius 1 is 0.307 bits per heavy atom. The van der Waals surface area contributed by atoms with Gasteiger partial charge in [0.1, 0.15) is 0 Å². The van der Waals surface area contributed by atoms with Gasteiger partial charge in [-0.1, -0.05) is 250 Å². The van der Waals surface area contributed by atoms with Gasteiger partial charge in [-0.05, 0) is 160 Å². The zero-order chi connectivity index (χ0) is 51.6. The SMILES string of the molecule is CC(C)(C)c1cccc(C2(c3cccc(C(C)(C)C)c3)c3ccccc3-c3ccc(N(c4cccc(-c5cccc6c5C(C)(C)c5ccccc5-6)c4)c4ccc5c(c4)C(C)(c4ccccc4)c4ccccc4-5)cc32)c1. The van der Waals surface area contributed by atoms with Crippen molar-refractivity contribution in [1.29, 1.82) is 0 Å². The fraction of sp³-hybridized carbons (Fsp3) is 0.189. The molecule has 366 valence electrons. The van der Waals surface area contributed by atoms with E-state index >= 15 is 0 Å². The number of hydrogen-bond donors (Lipinski definition) is 0. The van der Waals surface area contributed by atoms with E-state index in [1.807, 2.05) is 0 Å². The Labute approximate surface area is 445 Å². The van der Waals surface area contributed by atoms with Gasteiger partial charge < -0.3 is 4.90 Å². The molecular formula is C74H65N. The fourth-order valence-electron chi connectivity index (χ4n) is 13.7. The van der Waals surface area contributed by atoms with Crippen LogP contribution in [0.4, 0.5) is 17.1 Å². The van der Waals surface area contributed by atoms with E-state index in [4.69, 9.17) is 0 Å². The van der Waals surface area contributed by atoms with Crippen LogP contribution in [0, 0.1) is 0 Å². The second kappa shape index (κ2) is 16.8.